The molecule has 0 spiro atoms. The third-order valence-electron chi connectivity index (χ3n) is 3.75. The van der Waals surface area contributed by atoms with E-state index in [0.717, 1.165) is 5.69 Å². The summed E-state index contributed by atoms with van der Waals surface area (Å²) < 4.78 is 1.91. The third kappa shape index (κ3) is 1.89. The summed E-state index contributed by atoms with van der Waals surface area (Å²) in [6.07, 6.45) is 1.87. The Morgan fingerprint density at radius 3 is 2.56 bits per heavy atom. The quantitative estimate of drug-likeness (QED) is 0.733. The molecule has 1 aliphatic heterocycles. The number of piperazine rings is 1. The lowest BCUT2D eigenvalue weighted by molar-refractivity contribution is -0.137. The molecule has 18 heavy (non-hydrogen) atoms. The number of hydrogen-bond donors (Lipinski definition) is 0. The SMILES string of the molecule is Cc1c(C(=O)N2CCN(C)C(=O)[C@@H]2C)ccn1C. The van der Waals surface area contributed by atoms with Crippen LogP contribution in [-0.4, -0.2) is 52.4 Å². The topological polar surface area (TPSA) is 45.6 Å². The fourth-order valence-corrected chi connectivity index (χ4v) is 2.28. The second-order valence-electron chi connectivity index (χ2n) is 4.86. The summed E-state index contributed by atoms with van der Waals surface area (Å²) >= 11 is 0. The van der Waals surface area contributed by atoms with Crippen LogP contribution in [0.3, 0.4) is 0 Å². The standard InChI is InChI=1S/C13H19N3O2/c1-9-11(5-6-14(9)3)13(18)16-8-7-15(4)12(17)10(16)2/h5-6,10H,7-8H2,1-4H3/t10-/m0/s1. The maximum atomic E-state index is 12.4. The predicted molar refractivity (Wildman–Crippen MR) is 68.3 cm³/mol. The molecular weight excluding hydrogens is 230 g/mol. The molecule has 0 saturated carbocycles. The van der Waals surface area contributed by atoms with Crippen molar-refractivity contribution < 1.29 is 9.59 Å². The van der Waals surface area contributed by atoms with Gasteiger partial charge in [0.2, 0.25) is 5.91 Å². The number of likely N-dealkylation sites (N-methyl/N-ethyl adjacent to an activating group) is 1. The summed E-state index contributed by atoms with van der Waals surface area (Å²) in [5.74, 6) is -0.0507. The number of rotatable bonds is 1. The van der Waals surface area contributed by atoms with Gasteiger partial charge in [0.1, 0.15) is 6.04 Å². The minimum Gasteiger partial charge on any atom is -0.354 e. The van der Waals surface area contributed by atoms with Crippen LogP contribution in [0.25, 0.3) is 0 Å². The molecule has 5 nitrogen and oxygen atoms in total. The average molecular weight is 249 g/mol. The molecule has 1 fully saturated rings. The molecule has 0 radical (unpaired) electrons. The summed E-state index contributed by atoms with van der Waals surface area (Å²) in [6.45, 7) is 4.89. The van der Waals surface area contributed by atoms with Crippen LogP contribution in [-0.2, 0) is 11.8 Å². The molecule has 1 aromatic heterocycles. The normalized spacial score (nSPS) is 20.4. The van der Waals surface area contributed by atoms with E-state index >= 15 is 0 Å². The Kier molecular flexibility index (Phi) is 3.15. The molecule has 1 aliphatic rings. The van der Waals surface area contributed by atoms with Gasteiger partial charge in [-0.2, -0.15) is 0 Å². The van der Waals surface area contributed by atoms with E-state index in [4.69, 9.17) is 0 Å². The summed E-state index contributed by atoms with van der Waals surface area (Å²) in [7, 11) is 3.68. The van der Waals surface area contributed by atoms with Gasteiger partial charge in [0, 0.05) is 39.1 Å². The van der Waals surface area contributed by atoms with Crippen molar-refractivity contribution in [2.24, 2.45) is 7.05 Å². The molecule has 0 N–H and O–H groups in total. The lowest BCUT2D eigenvalue weighted by Gasteiger charge is -2.37. The molecule has 98 valence electrons. The summed E-state index contributed by atoms with van der Waals surface area (Å²) in [5, 5.41) is 0. The number of aryl methyl sites for hydroxylation is 1. The molecule has 0 aromatic carbocycles. The van der Waals surface area contributed by atoms with Crippen molar-refractivity contribution in [3.8, 4) is 0 Å². The molecule has 0 unspecified atom stereocenters. The fraction of sp³-hybridized carbons (Fsp3) is 0.538. The first-order valence-electron chi connectivity index (χ1n) is 6.11. The van der Waals surface area contributed by atoms with Crippen LogP contribution in [0.2, 0.25) is 0 Å². The second-order valence-corrected chi connectivity index (χ2v) is 4.86. The average Bonchev–Trinajstić information content (AvgIpc) is 2.67. The Morgan fingerprint density at radius 2 is 2.00 bits per heavy atom. The highest BCUT2D eigenvalue weighted by atomic mass is 16.2. The lowest BCUT2D eigenvalue weighted by Crippen LogP contribution is -2.56. The Bertz CT molecular complexity index is 492. The first-order chi connectivity index (χ1) is 8.43. The molecule has 5 heteroatoms. The summed E-state index contributed by atoms with van der Waals surface area (Å²) in [6, 6.07) is 1.43. The van der Waals surface area contributed by atoms with Crippen molar-refractivity contribution in [1.82, 2.24) is 14.4 Å². The molecule has 2 amide bonds. The summed E-state index contributed by atoms with van der Waals surface area (Å²) in [5.41, 5.74) is 1.61. The van der Waals surface area contributed by atoms with Crippen molar-refractivity contribution in [3.05, 3.63) is 23.5 Å². The molecule has 0 bridgehead atoms. The number of hydrogen-bond acceptors (Lipinski definition) is 2. The van der Waals surface area contributed by atoms with Crippen LogP contribution < -0.4 is 0 Å². The van der Waals surface area contributed by atoms with Gasteiger partial charge < -0.3 is 14.4 Å². The molecule has 1 aromatic rings. The minimum atomic E-state index is -0.379. The van der Waals surface area contributed by atoms with Gasteiger partial charge in [-0.15, -0.1) is 0 Å². The van der Waals surface area contributed by atoms with E-state index < -0.39 is 0 Å². The van der Waals surface area contributed by atoms with Crippen molar-refractivity contribution in [3.63, 3.8) is 0 Å². The van der Waals surface area contributed by atoms with E-state index in [9.17, 15) is 9.59 Å². The Hall–Kier alpha value is -1.78. The van der Waals surface area contributed by atoms with Crippen LogP contribution in [0.4, 0.5) is 0 Å². The van der Waals surface area contributed by atoms with Gasteiger partial charge in [-0.1, -0.05) is 0 Å². The van der Waals surface area contributed by atoms with E-state index in [-0.39, 0.29) is 17.9 Å². The van der Waals surface area contributed by atoms with E-state index in [1.165, 1.54) is 0 Å². The minimum absolute atomic E-state index is 0.00295. The monoisotopic (exact) mass is 249 g/mol. The zero-order chi connectivity index (χ0) is 13.4. The van der Waals surface area contributed by atoms with Crippen LogP contribution in [0.1, 0.15) is 23.0 Å². The van der Waals surface area contributed by atoms with Gasteiger partial charge in [-0.25, -0.2) is 0 Å². The smallest absolute Gasteiger partial charge is 0.256 e. The first kappa shape index (κ1) is 12.7. The highest BCUT2D eigenvalue weighted by molar-refractivity contribution is 5.98. The van der Waals surface area contributed by atoms with E-state index in [0.29, 0.717) is 18.7 Å². The fourth-order valence-electron chi connectivity index (χ4n) is 2.28. The largest absolute Gasteiger partial charge is 0.354 e. The number of nitrogens with zero attached hydrogens (tertiary/aromatic N) is 3. The van der Waals surface area contributed by atoms with Gasteiger partial charge in [-0.05, 0) is 19.9 Å². The summed E-state index contributed by atoms with van der Waals surface area (Å²) in [4.78, 5) is 27.7. The van der Waals surface area contributed by atoms with Crippen LogP contribution >= 0.6 is 0 Å². The molecule has 2 rings (SSSR count). The Balaban J connectivity index is 2.24. The van der Waals surface area contributed by atoms with Gasteiger partial charge in [0.25, 0.3) is 5.91 Å². The highest BCUT2D eigenvalue weighted by Crippen LogP contribution is 2.17. The molecule has 1 atom stereocenters. The van der Waals surface area contributed by atoms with Gasteiger partial charge >= 0.3 is 0 Å². The number of aromatic nitrogens is 1. The van der Waals surface area contributed by atoms with Crippen molar-refractivity contribution in [1.29, 1.82) is 0 Å². The lowest BCUT2D eigenvalue weighted by atomic mass is 10.1. The van der Waals surface area contributed by atoms with E-state index in [1.807, 2.05) is 30.8 Å². The number of amides is 2. The molecular formula is C13H19N3O2. The molecule has 0 aliphatic carbocycles. The van der Waals surface area contributed by atoms with Gasteiger partial charge in [0.15, 0.2) is 0 Å². The predicted octanol–water partition coefficient (Wildman–Crippen LogP) is 0.636. The van der Waals surface area contributed by atoms with Crippen molar-refractivity contribution in [2.45, 2.75) is 19.9 Å². The molecule has 2 heterocycles. The molecule has 1 saturated heterocycles. The van der Waals surface area contributed by atoms with Crippen LogP contribution in [0.15, 0.2) is 12.3 Å². The van der Waals surface area contributed by atoms with Gasteiger partial charge in [-0.3, -0.25) is 9.59 Å². The van der Waals surface area contributed by atoms with Crippen molar-refractivity contribution >= 4 is 11.8 Å². The highest BCUT2D eigenvalue weighted by Gasteiger charge is 2.33. The first-order valence-corrected chi connectivity index (χ1v) is 6.11. The van der Waals surface area contributed by atoms with Crippen LogP contribution in [0.5, 0.6) is 0 Å². The maximum absolute atomic E-state index is 12.4. The number of carbonyl (C=O) groups excluding carboxylic acids is 2. The zero-order valence-electron chi connectivity index (χ0n) is 11.3. The van der Waals surface area contributed by atoms with Gasteiger partial charge in [0.05, 0.1) is 5.56 Å². The van der Waals surface area contributed by atoms with Crippen LogP contribution in [0, 0.1) is 6.92 Å². The van der Waals surface area contributed by atoms with Crippen molar-refractivity contribution in [2.75, 3.05) is 20.1 Å². The second kappa shape index (κ2) is 4.48. The Labute approximate surface area is 107 Å². The van der Waals surface area contributed by atoms with E-state index in [1.54, 1.807) is 23.8 Å². The van der Waals surface area contributed by atoms with E-state index in [2.05, 4.69) is 0 Å². The zero-order valence-corrected chi connectivity index (χ0v) is 11.3. The number of carbonyl (C=O) groups is 2. The maximum Gasteiger partial charge on any atom is 0.256 e. The Morgan fingerprint density at radius 1 is 1.33 bits per heavy atom. The third-order valence-corrected chi connectivity index (χ3v) is 3.75.